The average Bonchev–Trinajstić information content (AvgIpc) is 2.87. The number of hydrogen-bond acceptors (Lipinski definition) is 6. The van der Waals surface area contributed by atoms with Gasteiger partial charge in [-0.05, 0) is 43.2 Å². The molecule has 0 atom stereocenters. The first-order chi connectivity index (χ1) is 17.4. The summed E-state index contributed by atoms with van der Waals surface area (Å²) in [6.45, 7) is 4.71. The minimum absolute atomic E-state index is 0.109. The average molecular weight is 507 g/mol. The number of benzene rings is 3. The quantitative estimate of drug-likeness (QED) is 0.260. The number of amides is 1. The normalized spacial score (nSPS) is 10.8. The fourth-order valence-electron chi connectivity index (χ4n) is 3.43. The van der Waals surface area contributed by atoms with Gasteiger partial charge in [-0.3, -0.25) is 4.79 Å². The molecule has 0 saturated heterocycles. The fourth-order valence-corrected chi connectivity index (χ4v) is 3.66. The number of nitriles is 1. The van der Waals surface area contributed by atoms with E-state index in [0.717, 1.165) is 11.1 Å². The summed E-state index contributed by atoms with van der Waals surface area (Å²) in [5, 5.41) is 12.7. The Morgan fingerprint density at radius 2 is 1.78 bits per heavy atom. The molecule has 0 heterocycles. The highest BCUT2D eigenvalue weighted by Crippen LogP contribution is 2.36. The molecule has 8 heteroatoms. The topological polar surface area (TPSA) is 89.8 Å². The molecular formula is C28H27ClN2O5. The van der Waals surface area contributed by atoms with Gasteiger partial charge in [-0.15, -0.1) is 0 Å². The largest absolute Gasteiger partial charge is 0.495 e. The highest BCUT2D eigenvalue weighted by atomic mass is 35.5. The van der Waals surface area contributed by atoms with Crippen LogP contribution in [-0.4, -0.2) is 26.7 Å². The number of rotatable bonds is 10. The monoisotopic (exact) mass is 506 g/mol. The number of anilines is 1. The van der Waals surface area contributed by atoms with Gasteiger partial charge in [0, 0.05) is 12.1 Å². The maximum absolute atomic E-state index is 12.9. The minimum Gasteiger partial charge on any atom is -0.495 e. The van der Waals surface area contributed by atoms with Crippen LogP contribution in [0.1, 0.15) is 23.6 Å². The van der Waals surface area contributed by atoms with Crippen molar-refractivity contribution in [3.05, 3.63) is 81.9 Å². The van der Waals surface area contributed by atoms with E-state index in [1.807, 2.05) is 38.1 Å². The molecule has 1 amide bonds. The number of methoxy groups -OCH3 is 2. The van der Waals surface area contributed by atoms with E-state index < -0.39 is 5.91 Å². The number of ether oxygens (including phenoxy) is 4. The zero-order valence-corrected chi connectivity index (χ0v) is 21.3. The van der Waals surface area contributed by atoms with Crippen LogP contribution in [0.4, 0.5) is 5.69 Å². The molecule has 0 unspecified atom stereocenters. The molecule has 3 rings (SSSR count). The van der Waals surface area contributed by atoms with Crippen molar-refractivity contribution in [3.8, 4) is 29.1 Å². The summed E-state index contributed by atoms with van der Waals surface area (Å²) in [6.07, 6.45) is 1.47. The Morgan fingerprint density at radius 3 is 2.44 bits per heavy atom. The summed E-state index contributed by atoms with van der Waals surface area (Å²) in [6, 6.07) is 18.3. The summed E-state index contributed by atoms with van der Waals surface area (Å²) in [5.74, 6) is 1.16. The van der Waals surface area contributed by atoms with Crippen LogP contribution in [0.25, 0.3) is 6.08 Å². The molecule has 3 aromatic rings. The third kappa shape index (κ3) is 6.71. The van der Waals surface area contributed by atoms with Gasteiger partial charge in [0.1, 0.15) is 29.7 Å². The lowest BCUT2D eigenvalue weighted by molar-refractivity contribution is -0.112. The molecule has 0 aromatic heterocycles. The smallest absolute Gasteiger partial charge is 0.266 e. The molecule has 186 valence electrons. The van der Waals surface area contributed by atoms with Crippen LogP contribution in [0.2, 0.25) is 5.02 Å². The second kappa shape index (κ2) is 12.5. The first-order valence-electron chi connectivity index (χ1n) is 11.2. The van der Waals surface area contributed by atoms with Gasteiger partial charge >= 0.3 is 0 Å². The van der Waals surface area contributed by atoms with Crippen molar-refractivity contribution in [2.45, 2.75) is 20.5 Å². The van der Waals surface area contributed by atoms with Gasteiger partial charge < -0.3 is 24.3 Å². The van der Waals surface area contributed by atoms with Gasteiger partial charge in [-0.25, -0.2) is 0 Å². The lowest BCUT2D eigenvalue weighted by Crippen LogP contribution is -2.14. The van der Waals surface area contributed by atoms with Crippen LogP contribution in [0.15, 0.2) is 60.2 Å². The molecule has 0 fully saturated rings. The van der Waals surface area contributed by atoms with Crippen molar-refractivity contribution in [3.63, 3.8) is 0 Å². The van der Waals surface area contributed by atoms with E-state index in [4.69, 9.17) is 30.5 Å². The van der Waals surface area contributed by atoms with Crippen molar-refractivity contribution >= 4 is 29.3 Å². The Hall–Kier alpha value is -4.15. The Kier molecular flexibility index (Phi) is 9.20. The van der Waals surface area contributed by atoms with Crippen LogP contribution in [-0.2, 0) is 11.4 Å². The SMILES string of the molecule is CCOc1cc(/C=C(\C#N)C(=O)Nc2cc(OC)c(Cl)cc2OC)ccc1OCc1cccc(C)c1. The summed E-state index contributed by atoms with van der Waals surface area (Å²) in [4.78, 5) is 12.9. The van der Waals surface area contributed by atoms with Gasteiger partial charge in [-0.1, -0.05) is 47.5 Å². The van der Waals surface area contributed by atoms with E-state index in [1.165, 1.54) is 32.4 Å². The van der Waals surface area contributed by atoms with E-state index in [0.29, 0.717) is 52.5 Å². The molecule has 1 N–H and O–H groups in total. The zero-order chi connectivity index (χ0) is 26.1. The molecule has 0 spiro atoms. The summed E-state index contributed by atoms with van der Waals surface area (Å²) >= 11 is 6.13. The van der Waals surface area contributed by atoms with Crippen LogP contribution >= 0.6 is 11.6 Å². The molecule has 0 radical (unpaired) electrons. The van der Waals surface area contributed by atoms with Gasteiger partial charge in [0.05, 0.1) is 31.5 Å². The molecule has 7 nitrogen and oxygen atoms in total. The summed E-state index contributed by atoms with van der Waals surface area (Å²) < 4.78 is 22.2. The maximum atomic E-state index is 12.9. The second-order valence-electron chi connectivity index (χ2n) is 7.73. The second-order valence-corrected chi connectivity index (χ2v) is 8.14. The molecule has 0 aliphatic rings. The number of nitrogens with one attached hydrogen (secondary N) is 1. The molecule has 0 saturated carbocycles. The third-order valence-electron chi connectivity index (χ3n) is 5.14. The van der Waals surface area contributed by atoms with E-state index in [2.05, 4.69) is 11.4 Å². The van der Waals surface area contributed by atoms with Crippen molar-refractivity contribution in [1.29, 1.82) is 5.26 Å². The molecule has 3 aromatic carbocycles. The fraction of sp³-hybridized carbons (Fsp3) is 0.214. The number of carbonyl (C=O) groups excluding carboxylic acids is 1. The molecule has 0 aliphatic carbocycles. The molecule has 36 heavy (non-hydrogen) atoms. The number of nitrogens with zero attached hydrogens (tertiary/aromatic N) is 1. The highest BCUT2D eigenvalue weighted by molar-refractivity contribution is 6.32. The minimum atomic E-state index is -0.613. The Labute approximate surface area is 215 Å². The van der Waals surface area contributed by atoms with Crippen molar-refractivity contribution in [2.75, 3.05) is 26.1 Å². The first-order valence-corrected chi connectivity index (χ1v) is 11.6. The van der Waals surface area contributed by atoms with Crippen molar-refractivity contribution in [1.82, 2.24) is 0 Å². The molecule has 0 aliphatic heterocycles. The van der Waals surface area contributed by atoms with Crippen molar-refractivity contribution in [2.24, 2.45) is 0 Å². The van der Waals surface area contributed by atoms with Gasteiger partial charge in [-0.2, -0.15) is 5.26 Å². The molecular weight excluding hydrogens is 480 g/mol. The predicted octanol–water partition coefficient (Wildman–Crippen LogP) is 6.19. The van der Waals surface area contributed by atoms with E-state index in [-0.39, 0.29) is 5.57 Å². The Morgan fingerprint density at radius 1 is 1.00 bits per heavy atom. The summed E-state index contributed by atoms with van der Waals surface area (Å²) in [7, 11) is 2.91. The Bertz CT molecular complexity index is 1310. The van der Waals surface area contributed by atoms with Crippen LogP contribution in [0.3, 0.4) is 0 Å². The van der Waals surface area contributed by atoms with Crippen LogP contribution < -0.4 is 24.3 Å². The maximum Gasteiger partial charge on any atom is 0.266 e. The van der Waals surface area contributed by atoms with E-state index >= 15 is 0 Å². The third-order valence-corrected chi connectivity index (χ3v) is 5.44. The van der Waals surface area contributed by atoms with E-state index in [9.17, 15) is 10.1 Å². The molecule has 0 bridgehead atoms. The zero-order valence-electron chi connectivity index (χ0n) is 20.6. The number of carbonyl (C=O) groups is 1. The van der Waals surface area contributed by atoms with Gasteiger partial charge in [0.15, 0.2) is 11.5 Å². The van der Waals surface area contributed by atoms with Crippen LogP contribution in [0, 0.1) is 18.3 Å². The lowest BCUT2D eigenvalue weighted by atomic mass is 10.1. The number of aryl methyl sites for hydroxylation is 1. The number of halogens is 1. The lowest BCUT2D eigenvalue weighted by Gasteiger charge is -2.14. The highest BCUT2D eigenvalue weighted by Gasteiger charge is 2.16. The van der Waals surface area contributed by atoms with Crippen LogP contribution in [0.5, 0.6) is 23.0 Å². The van der Waals surface area contributed by atoms with E-state index in [1.54, 1.807) is 18.2 Å². The standard InChI is InChI=1S/C28H27ClN2O5/c1-5-35-27-13-19(9-10-24(27)36-17-20-8-6-7-18(2)11-20)12-21(16-30)28(32)31-23-15-25(33-3)22(29)14-26(23)34-4/h6-15H,5,17H2,1-4H3,(H,31,32)/b21-12+. The van der Waals surface area contributed by atoms with Gasteiger partial charge in [0.2, 0.25) is 0 Å². The number of hydrogen-bond donors (Lipinski definition) is 1. The summed E-state index contributed by atoms with van der Waals surface area (Å²) in [5.41, 5.74) is 3.01. The predicted molar refractivity (Wildman–Crippen MR) is 140 cm³/mol. The first kappa shape index (κ1) is 26.5. The Balaban J connectivity index is 1.83. The van der Waals surface area contributed by atoms with Gasteiger partial charge in [0.25, 0.3) is 5.91 Å². The van der Waals surface area contributed by atoms with Crippen molar-refractivity contribution < 1.29 is 23.7 Å².